The first kappa shape index (κ1) is 14.5. The van der Waals surface area contributed by atoms with E-state index in [4.69, 9.17) is 0 Å². The highest BCUT2D eigenvalue weighted by atomic mass is 16.1. The number of nitrogens with one attached hydrogen (secondary N) is 1. The number of rotatable bonds is 10. The predicted octanol–water partition coefficient (Wildman–Crippen LogP) is 3.48. The molecule has 1 aromatic carbocycles. The smallest absolute Gasteiger partial charge is 0.207 e. The van der Waals surface area contributed by atoms with Gasteiger partial charge in [0.2, 0.25) is 6.41 Å². The Morgan fingerprint density at radius 2 is 1.72 bits per heavy atom. The fourth-order valence-corrected chi connectivity index (χ4v) is 1.91. The molecule has 1 N–H and O–H groups in total. The van der Waals surface area contributed by atoms with Crippen LogP contribution < -0.4 is 5.32 Å². The molecule has 0 aliphatic heterocycles. The number of carbonyl (C=O) groups is 1. The van der Waals surface area contributed by atoms with Crippen molar-refractivity contribution in [1.29, 1.82) is 0 Å². The SMILES string of the molecule is O=CNCC=CCCCCCCc1ccccc1. The van der Waals surface area contributed by atoms with Gasteiger partial charge in [-0.3, -0.25) is 4.79 Å². The molecule has 2 heteroatoms. The van der Waals surface area contributed by atoms with Crippen LogP contribution in [0, 0.1) is 0 Å². The molecular weight excluding hydrogens is 222 g/mol. The maximum Gasteiger partial charge on any atom is 0.207 e. The molecule has 0 atom stereocenters. The summed E-state index contributed by atoms with van der Waals surface area (Å²) in [6, 6.07) is 10.7. The Bertz CT molecular complexity index is 332. The number of unbranched alkanes of at least 4 members (excludes halogenated alkanes) is 4. The lowest BCUT2D eigenvalue weighted by Gasteiger charge is -2.01. The van der Waals surface area contributed by atoms with Gasteiger partial charge in [0.15, 0.2) is 0 Å². The van der Waals surface area contributed by atoms with Gasteiger partial charge < -0.3 is 5.32 Å². The van der Waals surface area contributed by atoms with E-state index in [2.05, 4.69) is 41.7 Å². The number of hydrogen-bond donors (Lipinski definition) is 1. The Kier molecular flexibility index (Phi) is 8.51. The van der Waals surface area contributed by atoms with E-state index >= 15 is 0 Å². The topological polar surface area (TPSA) is 29.1 Å². The van der Waals surface area contributed by atoms with Gasteiger partial charge in [-0.25, -0.2) is 0 Å². The van der Waals surface area contributed by atoms with Crippen LogP contribution in [0.3, 0.4) is 0 Å². The lowest BCUT2D eigenvalue weighted by atomic mass is 10.1. The Morgan fingerprint density at radius 3 is 2.50 bits per heavy atom. The van der Waals surface area contributed by atoms with Crippen LogP contribution in [-0.2, 0) is 11.2 Å². The lowest BCUT2D eigenvalue weighted by molar-refractivity contribution is -0.109. The van der Waals surface area contributed by atoms with Gasteiger partial charge in [-0.15, -0.1) is 0 Å². The summed E-state index contributed by atoms with van der Waals surface area (Å²) in [7, 11) is 0. The Balaban J connectivity index is 1.90. The molecule has 1 rings (SSSR count). The molecule has 18 heavy (non-hydrogen) atoms. The molecule has 0 spiro atoms. The van der Waals surface area contributed by atoms with Gasteiger partial charge in [0.1, 0.15) is 0 Å². The van der Waals surface area contributed by atoms with E-state index in [0.717, 1.165) is 12.8 Å². The van der Waals surface area contributed by atoms with Crippen LogP contribution in [-0.4, -0.2) is 13.0 Å². The van der Waals surface area contributed by atoms with Crippen molar-refractivity contribution in [3.8, 4) is 0 Å². The van der Waals surface area contributed by atoms with Crippen LogP contribution in [0.2, 0.25) is 0 Å². The third kappa shape index (κ3) is 7.66. The van der Waals surface area contributed by atoms with Crippen LogP contribution in [0.4, 0.5) is 0 Å². The van der Waals surface area contributed by atoms with E-state index in [1.165, 1.54) is 37.7 Å². The first-order chi connectivity index (χ1) is 8.93. The first-order valence-electron chi connectivity index (χ1n) is 6.79. The monoisotopic (exact) mass is 245 g/mol. The van der Waals surface area contributed by atoms with Crippen molar-refractivity contribution >= 4 is 6.41 Å². The van der Waals surface area contributed by atoms with Crippen molar-refractivity contribution in [3.63, 3.8) is 0 Å². The molecule has 0 aliphatic carbocycles. The number of aryl methyl sites for hydroxylation is 1. The normalized spacial score (nSPS) is 10.7. The van der Waals surface area contributed by atoms with Crippen molar-refractivity contribution < 1.29 is 4.79 Å². The highest BCUT2D eigenvalue weighted by Crippen LogP contribution is 2.08. The van der Waals surface area contributed by atoms with Gasteiger partial charge in [0.05, 0.1) is 0 Å². The van der Waals surface area contributed by atoms with Crippen LogP contribution in [0.25, 0.3) is 0 Å². The molecule has 0 saturated heterocycles. The second kappa shape index (κ2) is 10.6. The molecule has 0 aliphatic rings. The molecule has 1 aromatic rings. The van der Waals surface area contributed by atoms with Crippen LogP contribution in [0.15, 0.2) is 42.5 Å². The molecular formula is C16H23NO. The highest BCUT2D eigenvalue weighted by Gasteiger charge is 1.92. The molecule has 1 amide bonds. The van der Waals surface area contributed by atoms with Crippen molar-refractivity contribution in [1.82, 2.24) is 5.32 Å². The summed E-state index contributed by atoms with van der Waals surface area (Å²) >= 11 is 0. The molecule has 0 saturated carbocycles. The highest BCUT2D eigenvalue weighted by molar-refractivity contribution is 5.46. The molecule has 0 unspecified atom stereocenters. The fourth-order valence-electron chi connectivity index (χ4n) is 1.91. The summed E-state index contributed by atoms with van der Waals surface area (Å²) in [5.74, 6) is 0. The van der Waals surface area contributed by atoms with E-state index in [1.807, 2.05) is 6.08 Å². The lowest BCUT2D eigenvalue weighted by Crippen LogP contribution is -2.09. The third-order valence-corrected chi connectivity index (χ3v) is 2.91. The minimum atomic E-state index is 0.650. The largest absolute Gasteiger partial charge is 0.355 e. The van der Waals surface area contributed by atoms with Crippen LogP contribution in [0.5, 0.6) is 0 Å². The number of hydrogen-bond acceptors (Lipinski definition) is 1. The van der Waals surface area contributed by atoms with Gasteiger partial charge in [-0.05, 0) is 31.2 Å². The van der Waals surface area contributed by atoms with Crippen LogP contribution >= 0.6 is 0 Å². The summed E-state index contributed by atoms with van der Waals surface area (Å²) in [4.78, 5) is 9.98. The Morgan fingerprint density at radius 1 is 0.944 bits per heavy atom. The van der Waals surface area contributed by atoms with Gasteiger partial charge in [-0.1, -0.05) is 55.3 Å². The average molecular weight is 245 g/mol. The maximum atomic E-state index is 9.98. The zero-order valence-corrected chi connectivity index (χ0v) is 11.0. The molecule has 0 aromatic heterocycles. The quantitative estimate of drug-likeness (QED) is 0.381. The second-order valence-corrected chi connectivity index (χ2v) is 4.44. The van der Waals surface area contributed by atoms with Crippen molar-refractivity contribution in [2.75, 3.05) is 6.54 Å². The molecule has 0 heterocycles. The standard InChI is InChI=1S/C16H23NO/c18-15-17-14-10-5-3-1-2-4-7-11-16-12-8-6-9-13-16/h5-6,8-10,12-13,15H,1-4,7,11,14H2,(H,17,18). The summed E-state index contributed by atoms with van der Waals surface area (Å²) in [6.07, 6.45) is 12.3. The van der Waals surface area contributed by atoms with E-state index in [9.17, 15) is 4.79 Å². The second-order valence-electron chi connectivity index (χ2n) is 4.44. The van der Waals surface area contributed by atoms with Gasteiger partial charge in [0, 0.05) is 6.54 Å². The van der Waals surface area contributed by atoms with E-state index in [0.29, 0.717) is 6.54 Å². The molecule has 0 fully saturated rings. The van der Waals surface area contributed by atoms with Crippen molar-refractivity contribution in [2.45, 2.75) is 38.5 Å². The summed E-state index contributed by atoms with van der Waals surface area (Å²) in [5.41, 5.74) is 1.44. The first-order valence-corrected chi connectivity index (χ1v) is 6.79. The van der Waals surface area contributed by atoms with Crippen molar-refractivity contribution in [2.24, 2.45) is 0 Å². The van der Waals surface area contributed by atoms with Crippen molar-refractivity contribution in [3.05, 3.63) is 48.0 Å². The van der Waals surface area contributed by atoms with Gasteiger partial charge in [0.25, 0.3) is 0 Å². The predicted molar refractivity (Wildman–Crippen MR) is 76.4 cm³/mol. The molecule has 2 nitrogen and oxygen atoms in total. The fraction of sp³-hybridized carbons (Fsp3) is 0.438. The summed E-state index contributed by atoms with van der Waals surface area (Å²) in [6.45, 7) is 0.650. The molecule has 0 radical (unpaired) electrons. The van der Waals surface area contributed by atoms with Gasteiger partial charge in [-0.2, -0.15) is 0 Å². The minimum Gasteiger partial charge on any atom is -0.355 e. The number of benzene rings is 1. The summed E-state index contributed by atoms with van der Waals surface area (Å²) in [5, 5.41) is 2.61. The van der Waals surface area contributed by atoms with E-state index in [-0.39, 0.29) is 0 Å². The summed E-state index contributed by atoms with van der Waals surface area (Å²) < 4.78 is 0. The number of carbonyl (C=O) groups excluding carboxylic acids is 1. The van der Waals surface area contributed by atoms with Gasteiger partial charge >= 0.3 is 0 Å². The Labute approximate surface area is 110 Å². The molecule has 0 bridgehead atoms. The Hall–Kier alpha value is -1.57. The van der Waals surface area contributed by atoms with E-state index < -0.39 is 0 Å². The molecule has 98 valence electrons. The zero-order chi connectivity index (χ0) is 12.9. The maximum absolute atomic E-state index is 9.98. The minimum absolute atomic E-state index is 0.650. The van der Waals surface area contributed by atoms with Crippen LogP contribution in [0.1, 0.15) is 37.7 Å². The third-order valence-electron chi connectivity index (χ3n) is 2.91. The van der Waals surface area contributed by atoms with E-state index in [1.54, 1.807) is 0 Å². The zero-order valence-electron chi connectivity index (χ0n) is 11.0. The number of allylic oxidation sites excluding steroid dienone is 1. The average Bonchev–Trinajstić information content (AvgIpc) is 2.42. The number of amides is 1.